The normalized spacial score (nSPS) is 11.0. The van der Waals surface area contributed by atoms with Gasteiger partial charge in [-0.2, -0.15) is 0 Å². The Morgan fingerprint density at radius 3 is 2.40 bits per heavy atom. The summed E-state index contributed by atoms with van der Waals surface area (Å²) in [5, 5.41) is 15.4. The minimum Gasteiger partial charge on any atom is -0.386 e. The first kappa shape index (κ1) is 20.9. The fraction of sp³-hybridized carbons (Fsp3) is 0.474. The molecule has 0 aliphatic carbocycles. The predicted molar refractivity (Wildman–Crippen MR) is 98.2 cm³/mol. The molecule has 2 amide bonds. The number of anilines is 1. The highest BCUT2D eigenvalue weighted by Crippen LogP contribution is 2.21. The lowest BCUT2D eigenvalue weighted by atomic mass is 9.98. The van der Waals surface area contributed by atoms with Gasteiger partial charge in [-0.3, -0.25) is 9.59 Å². The van der Waals surface area contributed by atoms with E-state index in [1.165, 1.54) is 0 Å². The van der Waals surface area contributed by atoms with Crippen LogP contribution in [0.1, 0.15) is 39.2 Å². The zero-order valence-electron chi connectivity index (χ0n) is 15.2. The average Bonchev–Trinajstić information content (AvgIpc) is 2.53. The third kappa shape index (κ3) is 8.47. The SMILES string of the molecule is C=C(C)C(=O)NCCOCCCC(=O)Nc1ccc(C(C)(C)O)cc1. The molecule has 0 saturated carbocycles. The second-order valence-corrected chi connectivity index (χ2v) is 6.44. The molecule has 0 fully saturated rings. The molecule has 0 atom stereocenters. The quantitative estimate of drug-likeness (QED) is 0.447. The lowest BCUT2D eigenvalue weighted by Gasteiger charge is -2.18. The van der Waals surface area contributed by atoms with E-state index in [0.29, 0.717) is 43.9 Å². The smallest absolute Gasteiger partial charge is 0.246 e. The first-order chi connectivity index (χ1) is 11.7. The van der Waals surface area contributed by atoms with Crippen LogP contribution in [0, 0.1) is 0 Å². The van der Waals surface area contributed by atoms with Gasteiger partial charge in [0.2, 0.25) is 11.8 Å². The average molecular weight is 348 g/mol. The van der Waals surface area contributed by atoms with Gasteiger partial charge in [0.05, 0.1) is 12.2 Å². The summed E-state index contributed by atoms with van der Waals surface area (Å²) in [6.07, 6.45) is 0.952. The van der Waals surface area contributed by atoms with Gasteiger partial charge in [0.1, 0.15) is 0 Å². The standard InChI is InChI=1S/C19H28N2O4/c1-14(2)18(23)20-11-13-25-12-5-6-17(22)21-16-9-7-15(8-10-16)19(3,4)24/h7-10,24H,1,5-6,11-13H2,2-4H3,(H,20,23)(H,21,22). The minimum absolute atomic E-state index is 0.0878. The predicted octanol–water partition coefficient (Wildman–Crippen LogP) is 2.34. The Kier molecular flexibility index (Phi) is 8.31. The highest BCUT2D eigenvalue weighted by molar-refractivity contribution is 5.92. The minimum atomic E-state index is -0.899. The molecule has 0 aliphatic rings. The summed E-state index contributed by atoms with van der Waals surface area (Å²) >= 11 is 0. The largest absolute Gasteiger partial charge is 0.386 e. The van der Waals surface area contributed by atoms with Gasteiger partial charge in [-0.15, -0.1) is 0 Å². The Balaban J connectivity index is 2.17. The van der Waals surface area contributed by atoms with Crippen LogP contribution in [0.25, 0.3) is 0 Å². The number of benzene rings is 1. The number of carbonyl (C=O) groups is 2. The van der Waals surface area contributed by atoms with Crippen molar-refractivity contribution < 1.29 is 19.4 Å². The van der Waals surface area contributed by atoms with Crippen molar-refractivity contribution in [2.45, 2.75) is 39.2 Å². The molecule has 1 aromatic rings. The van der Waals surface area contributed by atoms with Gasteiger partial charge in [0.15, 0.2) is 0 Å². The molecular formula is C19H28N2O4. The van der Waals surface area contributed by atoms with Crippen LogP contribution in [-0.2, 0) is 19.9 Å². The van der Waals surface area contributed by atoms with Gasteiger partial charge in [0, 0.05) is 30.8 Å². The molecule has 0 bridgehead atoms. The number of hydrogen-bond acceptors (Lipinski definition) is 4. The molecule has 1 aromatic carbocycles. The van der Waals surface area contributed by atoms with Crippen LogP contribution in [0.2, 0.25) is 0 Å². The molecule has 0 saturated heterocycles. The fourth-order valence-corrected chi connectivity index (χ4v) is 2.01. The molecule has 0 unspecified atom stereocenters. The van der Waals surface area contributed by atoms with Crippen molar-refractivity contribution in [3.05, 3.63) is 42.0 Å². The van der Waals surface area contributed by atoms with Gasteiger partial charge in [-0.1, -0.05) is 18.7 Å². The van der Waals surface area contributed by atoms with Crippen molar-refractivity contribution in [3.63, 3.8) is 0 Å². The fourth-order valence-electron chi connectivity index (χ4n) is 2.01. The Labute approximate surface area is 149 Å². The maximum atomic E-state index is 11.9. The summed E-state index contributed by atoms with van der Waals surface area (Å²) < 4.78 is 5.37. The zero-order chi connectivity index (χ0) is 18.9. The first-order valence-corrected chi connectivity index (χ1v) is 8.34. The first-order valence-electron chi connectivity index (χ1n) is 8.34. The van der Waals surface area contributed by atoms with Crippen LogP contribution in [0.3, 0.4) is 0 Å². The topological polar surface area (TPSA) is 87.7 Å². The van der Waals surface area contributed by atoms with Crippen molar-refractivity contribution in [1.29, 1.82) is 0 Å². The van der Waals surface area contributed by atoms with Crippen LogP contribution in [0.5, 0.6) is 0 Å². The second-order valence-electron chi connectivity index (χ2n) is 6.44. The summed E-state index contributed by atoms with van der Waals surface area (Å²) in [5.41, 5.74) is 1.05. The Morgan fingerprint density at radius 1 is 1.20 bits per heavy atom. The van der Waals surface area contributed by atoms with Crippen LogP contribution in [0.4, 0.5) is 5.69 Å². The summed E-state index contributed by atoms with van der Waals surface area (Å²) in [7, 11) is 0. The van der Waals surface area contributed by atoms with Gasteiger partial charge in [-0.05, 0) is 44.9 Å². The van der Waals surface area contributed by atoms with Crippen molar-refractivity contribution in [1.82, 2.24) is 5.32 Å². The van der Waals surface area contributed by atoms with Crippen LogP contribution in [-0.4, -0.2) is 36.7 Å². The van der Waals surface area contributed by atoms with Gasteiger partial charge < -0.3 is 20.5 Å². The molecule has 6 nitrogen and oxygen atoms in total. The third-order valence-electron chi connectivity index (χ3n) is 3.49. The second kappa shape index (κ2) is 9.96. The number of amides is 2. The Bertz CT molecular complexity index is 588. The summed E-state index contributed by atoms with van der Waals surface area (Å²) in [6, 6.07) is 7.12. The number of aliphatic hydroxyl groups is 1. The Hall–Kier alpha value is -2.18. The highest BCUT2D eigenvalue weighted by atomic mass is 16.5. The van der Waals surface area contributed by atoms with E-state index in [1.807, 2.05) is 0 Å². The number of nitrogens with one attached hydrogen (secondary N) is 2. The van der Waals surface area contributed by atoms with Crippen molar-refractivity contribution >= 4 is 17.5 Å². The number of rotatable bonds is 10. The molecular weight excluding hydrogens is 320 g/mol. The molecule has 6 heteroatoms. The zero-order valence-corrected chi connectivity index (χ0v) is 15.2. The van der Waals surface area contributed by atoms with E-state index >= 15 is 0 Å². The summed E-state index contributed by atoms with van der Waals surface area (Å²) in [4.78, 5) is 23.1. The van der Waals surface area contributed by atoms with E-state index in [-0.39, 0.29) is 11.8 Å². The Morgan fingerprint density at radius 2 is 1.84 bits per heavy atom. The summed E-state index contributed by atoms with van der Waals surface area (Å²) in [6.45, 7) is 9.89. The van der Waals surface area contributed by atoms with E-state index in [2.05, 4.69) is 17.2 Å². The van der Waals surface area contributed by atoms with Crippen molar-refractivity contribution in [2.24, 2.45) is 0 Å². The monoisotopic (exact) mass is 348 g/mol. The highest BCUT2D eigenvalue weighted by Gasteiger charge is 2.15. The van der Waals surface area contributed by atoms with E-state index in [4.69, 9.17) is 4.74 Å². The van der Waals surface area contributed by atoms with E-state index in [1.54, 1.807) is 45.0 Å². The molecule has 1 rings (SSSR count). The number of hydrogen-bond donors (Lipinski definition) is 3. The van der Waals surface area contributed by atoms with Crippen LogP contribution in [0.15, 0.2) is 36.4 Å². The van der Waals surface area contributed by atoms with Crippen LogP contribution < -0.4 is 10.6 Å². The molecule has 0 spiro atoms. The molecule has 0 aliphatic heterocycles. The molecule has 0 radical (unpaired) electrons. The molecule has 3 N–H and O–H groups in total. The molecule has 138 valence electrons. The number of carbonyl (C=O) groups excluding carboxylic acids is 2. The third-order valence-corrected chi connectivity index (χ3v) is 3.49. The van der Waals surface area contributed by atoms with Gasteiger partial charge in [-0.25, -0.2) is 0 Å². The lowest BCUT2D eigenvalue weighted by molar-refractivity contribution is -0.117. The molecule has 0 aromatic heterocycles. The van der Waals surface area contributed by atoms with Gasteiger partial charge >= 0.3 is 0 Å². The number of ether oxygens (including phenoxy) is 1. The van der Waals surface area contributed by atoms with Crippen molar-refractivity contribution in [2.75, 3.05) is 25.1 Å². The van der Waals surface area contributed by atoms with Crippen molar-refractivity contribution in [3.8, 4) is 0 Å². The maximum absolute atomic E-state index is 11.9. The molecule has 0 heterocycles. The van der Waals surface area contributed by atoms with Crippen LogP contribution >= 0.6 is 0 Å². The van der Waals surface area contributed by atoms with Gasteiger partial charge in [0.25, 0.3) is 0 Å². The van der Waals surface area contributed by atoms with E-state index in [9.17, 15) is 14.7 Å². The van der Waals surface area contributed by atoms with E-state index < -0.39 is 5.60 Å². The van der Waals surface area contributed by atoms with E-state index in [0.717, 1.165) is 5.56 Å². The maximum Gasteiger partial charge on any atom is 0.246 e. The molecule has 25 heavy (non-hydrogen) atoms. The summed E-state index contributed by atoms with van der Waals surface area (Å²) in [5.74, 6) is -0.270. The lowest BCUT2D eigenvalue weighted by Crippen LogP contribution is -2.27.